The van der Waals surface area contributed by atoms with Crippen molar-refractivity contribution in [3.05, 3.63) is 18.1 Å². The van der Waals surface area contributed by atoms with E-state index in [1.165, 1.54) is 12.8 Å². The summed E-state index contributed by atoms with van der Waals surface area (Å²) >= 11 is 0. The SMILES string of the molecule is CC(C)C1CCCN1c1cnc(CN)cn1. The van der Waals surface area contributed by atoms with Gasteiger partial charge in [0.15, 0.2) is 0 Å². The van der Waals surface area contributed by atoms with Gasteiger partial charge in [-0.25, -0.2) is 4.98 Å². The van der Waals surface area contributed by atoms with Crippen LogP contribution in [0.4, 0.5) is 5.82 Å². The maximum atomic E-state index is 5.51. The summed E-state index contributed by atoms with van der Waals surface area (Å²) in [5.74, 6) is 1.66. The third-order valence-electron chi connectivity index (χ3n) is 3.26. The quantitative estimate of drug-likeness (QED) is 0.840. The fraction of sp³-hybridized carbons (Fsp3) is 0.667. The zero-order chi connectivity index (χ0) is 11.5. The Morgan fingerprint density at radius 3 is 2.81 bits per heavy atom. The van der Waals surface area contributed by atoms with E-state index in [4.69, 9.17) is 5.73 Å². The molecule has 88 valence electrons. The molecule has 0 aromatic carbocycles. The molecule has 0 aliphatic carbocycles. The number of nitrogens with two attached hydrogens (primary N) is 1. The van der Waals surface area contributed by atoms with Crippen molar-refractivity contribution in [1.82, 2.24) is 9.97 Å². The first kappa shape index (κ1) is 11.3. The number of hydrogen-bond donors (Lipinski definition) is 1. The number of hydrogen-bond acceptors (Lipinski definition) is 4. The van der Waals surface area contributed by atoms with Crippen LogP contribution in [0.2, 0.25) is 0 Å². The van der Waals surface area contributed by atoms with Gasteiger partial charge in [0.2, 0.25) is 0 Å². The largest absolute Gasteiger partial charge is 0.352 e. The molecule has 1 aliphatic heterocycles. The predicted octanol–water partition coefficient (Wildman–Crippen LogP) is 1.56. The molecular weight excluding hydrogens is 200 g/mol. The van der Waals surface area contributed by atoms with Crippen molar-refractivity contribution in [3.63, 3.8) is 0 Å². The van der Waals surface area contributed by atoms with E-state index in [1.54, 1.807) is 6.20 Å². The van der Waals surface area contributed by atoms with Gasteiger partial charge in [0.25, 0.3) is 0 Å². The smallest absolute Gasteiger partial charge is 0.147 e. The maximum absolute atomic E-state index is 5.51. The number of anilines is 1. The first-order valence-corrected chi connectivity index (χ1v) is 6.00. The first-order valence-electron chi connectivity index (χ1n) is 6.00. The van der Waals surface area contributed by atoms with Crippen LogP contribution in [0.3, 0.4) is 0 Å². The van der Waals surface area contributed by atoms with Crippen molar-refractivity contribution in [1.29, 1.82) is 0 Å². The third kappa shape index (κ3) is 2.16. The van der Waals surface area contributed by atoms with Crippen LogP contribution in [0.25, 0.3) is 0 Å². The molecule has 0 amide bonds. The molecule has 16 heavy (non-hydrogen) atoms. The minimum absolute atomic E-state index is 0.459. The zero-order valence-electron chi connectivity index (χ0n) is 10.1. The van der Waals surface area contributed by atoms with Gasteiger partial charge in [-0.3, -0.25) is 4.98 Å². The van der Waals surface area contributed by atoms with Crippen LogP contribution < -0.4 is 10.6 Å². The topological polar surface area (TPSA) is 55.0 Å². The molecule has 1 aliphatic rings. The van der Waals surface area contributed by atoms with E-state index in [-0.39, 0.29) is 0 Å². The highest BCUT2D eigenvalue weighted by molar-refractivity contribution is 5.39. The Labute approximate surface area is 96.9 Å². The van der Waals surface area contributed by atoms with Crippen molar-refractivity contribution in [2.45, 2.75) is 39.3 Å². The number of aromatic nitrogens is 2. The summed E-state index contributed by atoms with van der Waals surface area (Å²) in [6, 6.07) is 0.609. The Kier molecular flexibility index (Phi) is 3.39. The summed E-state index contributed by atoms with van der Waals surface area (Å²) in [6.45, 7) is 6.09. The van der Waals surface area contributed by atoms with Gasteiger partial charge in [0.05, 0.1) is 18.1 Å². The summed E-state index contributed by atoms with van der Waals surface area (Å²) in [7, 11) is 0. The molecule has 0 spiro atoms. The monoisotopic (exact) mass is 220 g/mol. The normalized spacial score (nSPS) is 20.8. The van der Waals surface area contributed by atoms with Gasteiger partial charge in [0.1, 0.15) is 5.82 Å². The predicted molar refractivity (Wildman–Crippen MR) is 65.1 cm³/mol. The van der Waals surface area contributed by atoms with Crippen molar-refractivity contribution < 1.29 is 0 Å². The van der Waals surface area contributed by atoms with Crippen molar-refractivity contribution in [2.24, 2.45) is 11.7 Å². The highest BCUT2D eigenvalue weighted by Crippen LogP contribution is 2.27. The van der Waals surface area contributed by atoms with Crippen LogP contribution in [-0.4, -0.2) is 22.6 Å². The second-order valence-corrected chi connectivity index (χ2v) is 4.72. The van der Waals surface area contributed by atoms with E-state index in [1.807, 2.05) is 6.20 Å². The molecule has 2 rings (SSSR count). The van der Waals surface area contributed by atoms with Crippen LogP contribution in [0.1, 0.15) is 32.4 Å². The highest BCUT2D eigenvalue weighted by Gasteiger charge is 2.27. The average molecular weight is 220 g/mol. The van der Waals surface area contributed by atoms with E-state index in [0.29, 0.717) is 18.5 Å². The Bertz CT molecular complexity index is 333. The molecule has 4 heteroatoms. The fourth-order valence-corrected chi connectivity index (χ4v) is 2.37. The van der Waals surface area contributed by atoms with Crippen molar-refractivity contribution in [2.75, 3.05) is 11.4 Å². The van der Waals surface area contributed by atoms with E-state index >= 15 is 0 Å². The summed E-state index contributed by atoms with van der Waals surface area (Å²) < 4.78 is 0. The van der Waals surface area contributed by atoms with Gasteiger partial charge in [-0.1, -0.05) is 13.8 Å². The van der Waals surface area contributed by atoms with E-state index in [2.05, 4.69) is 28.7 Å². The summed E-state index contributed by atoms with van der Waals surface area (Å²) in [4.78, 5) is 11.1. The molecule has 1 saturated heterocycles. The molecule has 0 bridgehead atoms. The lowest BCUT2D eigenvalue weighted by molar-refractivity contribution is 0.489. The molecule has 2 heterocycles. The van der Waals surface area contributed by atoms with Gasteiger partial charge in [-0.05, 0) is 18.8 Å². The van der Waals surface area contributed by atoms with Crippen LogP contribution in [0, 0.1) is 5.92 Å². The lowest BCUT2D eigenvalue weighted by Crippen LogP contribution is -2.34. The van der Waals surface area contributed by atoms with Gasteiger partial charge >= 0.3 is 0 Å². The lowest BCUT2D eigenvalue weighted by atomic mass is 10.0. The van der Waals surface area contributed by atoms with E-state index < -0.39 is 0 Å². The Balaban J connectivity index is 2.16. The standard InChI is InChI=1S/C12H20N4/c1-9(2)11-4-3-5-16(11)12-8-14-10(6-13)7-15-12/h7-9,11H,3-6,13H2,1-2H3. The van der Waals surface area contributed by atoms with Crippen LogP contribution in [-0.2, 0) is 6.54 Å². The van der Waals surface area contributed by atoms with Gasteiger partial charge < -0.3 is 10.6 Å². The zero-order valence-corrected chi connectivity index (χ0v) is 10.1. The first-order chi connectivity index (χ1) is 7.72. The van der Waals surface area contributed by atoms with E-state index in [0.717, 1.165) is 18.1 Å². The van der Waals surface area contributed by atoms with Crippen molar-refractivity contribution >= 4 is 5.82 Å². The minimum Gasteiger partial charge on any atom is -0.352 e. The van der Waals surface area contributed by atoms with Crippen LogP contribution in [0.15, 0.2) is 12.4 Å². The highest BCUT2D eigenvalue weighted by atomic mass is 15.2. The molecular formula is C12H20N4. The minimum atomic E-state index is 0.459. The molecule has 1 unspecified atom stereocenters. The maximum Gasteiger partial charge on any atom is 0.147 e. The molecule has 1 atom stereocenters. The Morgan fingerprint density at radius 2 is 2.25 bits per heavy atom. The van der Waals surface area contributed by atoms with Crippen molar-refractivity contribution in [3.8, 4) is 0 Å². The molecule has 0 saturated carbocycles. The van der Waals surface area contributed by atoms with Gasteiger partial charge in [0, 0.05) is 19.1 Å². The molecule has 2 N–H and O–H groups in total. The molecule has 1 fully saturated rings. The summed E-state index contributed by atoms with van der Waals surface area (Å²) in [5, 5.41) is 0. The Morgan fingerprint density at radius 1 is 1.44 bits per heavy atom. The van der Waals surface area contributed by atoms with Gasteiger partial charge in [-0.2, -0.15) is 0 Å². The molecule has 4 nitrogen and oxygen atoms in total. The second kappa shape index (κ2) is 4.78. The second-order valence-electron chi connectivity index (χ2n) is 4.72. The molecule has 0 radical (unpaired) electrons. The van der Waals surface area contributed by atoms with Gasteiger partial charge in [-0.15, -0.1) is 0 Å². The summed E-state index contributed by atoms with van der Waals surface area (Å²) in [6.07, 6.45) is 6.15. The fourth-order valence-electron chi connectivity index (χ4n) is 2.37. The van der Waals surface area contributed by atoms with Crippen LogP contribution >= 0.6 is 0 Å². The van der Waals surface area contributed by atoms with Crippen LogP contribution in [0.5, 0.6) is 0 Å². The molecule has 1 aromatic heterocycles. The third-order valence-corrected chi connectivity index (χ3v) is 3.26. The molecule has 1 aromatic rings. The van der Waals surface area contributed by atoms with E-state index in [9.17, 15) is 0 Å². The Hall–Kier alpha value is -1.16. The average Bonchev–Trinajstić information content (AvgIpc) is 2.78. The summed E-state index contributed by atoms with van der Waals surface area (Å²) in [5.41, 5.74) is 6.36. The lowest BCUT2D eigenvalue weighted by Gasteiger charge is -2.28. The number of nitrogens with zero attached hydrogens (tertiary/aromatic N) is 3. The number of rotatable bonds is 3.